The van der Waals surface area contributed by atoms with Crippen molar-refractivity contribution in [2.45, 2.75) is 44.9 Å². The number of carbonyl (C=O) groups is 2. The van der Waals surface area contributed by atoms with Gasteiger partial charge in [-0.2, -0.15) is 0 Å². The van der Waals surface area contributed by atoms with Crippen LogP contribution in [0.3, 0.4) is 0 Å². The number of thioether (sulfide) groups is 1. The van der Waals surface area contributed by atoms with E-state index in [0.717, 1.165) is 37.2 Å². The van der Waals surface area contributed by atoms with Crippen molar-refractivity contribution < 1.29 is 9.59 Å². The van der Waals surface area contributed by atoms with Crippen LogP contribution in [0.1, 0.15) is 40.0 Å². The highest BCUT2D eigenvalue weighted by Crippen LogP contribution is 2.41. The van der Waals surface area contributed by atoms with Crippen molar-refractivity contribution in [3.05, 3.63) is 30.3 Å². The topological polar surface area (TPSA) is 40.6 Å². The minimum Gasteiger partial charge on any atom is -0.342 e. The van der Waals surface area contributed by atoms with Crippen LogP contribution in [-0.2, 0) is 9.59 Å². The molecule has 0 N–H and O–H groups in total. The van der Waals surface area contributed by atoms with Crippen LogP contribution in [0.15, 0.2) is 35.2 Å². The lowest BCUT2D eigenvalue weighted by atomic mass is 9.77. The minimum atomic E-state index is -0.337. The van der Waals surface area contributed by atoms with Crippen molar-refractivity contribution in [2.24, 2.45) is 10.8 Å². The number of benzene rings is 1. The van der Waals surface area contributed by atoms with Gasteiger partial charge in [-0.05, 0) is 36.8 Å². The Balaban J connectivity index is 1.59. The van der Waals surface area contributed by atoms with Gasteiger partial charge in [-0.15, -0.1) is 11.8 Å². The van der Waals surface area contributed by atoms with E-state index in [4.69, 9.17) is 0 Å². The summed E-state index contributed by atoms with van der Waals surface area (Å²) in [5, 5.41) is 0. The van der Waals surface area contributed by atoms with Gasteiger partial charge in [0.25, 0.3) is 0 Å². The second-order valence-corrected chi connectivity index (χ2v) is 9.89. The summed E-state index contributed by atoms with van der Waals surface area (Å²) in [5.41, 5.74) is -0.231. The van der Waals surface area contributed by atoms with E-state index in [2.05, 4.69) is 20.8 Å². The molecule has 1 atom stereocenters. The van der Waals surface area contributed by atoms with E-state index in [0.29, 0.717) is 18.8 Å². The number of likely N-dealkylation sites (tertiary alicyclic amines) is 2. The van der Waals surface area contributed by atoms with Gasteiger partial charge >= 0.3 is 0 Å². The van der Waals surface area contributed by atoms with Gasteiger partial charge in [-0.25, -0.2) is 0 Å². The Morgan fingerprint density at radius 1 is 1.15 bits per heavy atom. The summed E-state index contributed by atoms with van der Waals surface area (Å²) < 4.78 is 0. The molecule has 2 aliphatic rings. The van der Waals surface area contributed by atoms with Crippen molar-refractivity contribution in [1.82, 2.24) is 9.80 Å². The maximum Gasteiger partial charge on any atom is 0.232 e. The molecule has 0 saturated carbocycles. The van der Waals surface area contributed by atoms with Gasteiger partial charge in [0.15, 0.2) is 0 Å². The fraction of sp³-hybridized carbons (Fsp3) is 0.619. The molecule has 5 heteroatoms. The number of rotatable bonds is 4. The molecule has 2 heterocycles. The summed E-state index contributed by atoms with van der Waals surface area (Å²) in [7, 11) is 0. The zero-order valence-corrected chi connectivity index (χ0v) is 17.0. The fourth-order valence-electron chi connectivity index (χ4n) is 4.09. The smallest absolute Gasteiger partial charge is 0.232 e. The number of hydrogen-bond acceptors (Lipinski definition) is 3. The third-order valence-corrected chi connectivity index (χ3v) is 6.30. The maximum absolute atomic E-state index is 13.2. The van der Waals surface area contributed by atoms with E-state index in [1.807, 2.05) is 40.1 Å². The number of piperidine rings is 1. The molecule has 2 aliphatic heterocycles. The summed E-state index contributed by atoms with van der Waals surface area (Å²) in [5.74, 6) is 0.862. The average molecular weight is 375 g/mol. The molecule has 1 aromatic carbocycles. The molecule has 26 heavy (non-hydrogen) atoms. The number of amides is 2. The monoisotopic (exact) mass is 374 g/mol. The summed E-state index contributed by atoms with van der Waals surface area (Å²) in [6, 6.07) is 10.0. The predicted molar refractivity (Wildman–Crippen MR) is 106 cm³/mol. The molecule has 0 aromatic heterocycles. The summed E-state index contributed by atoms with van der Waals surface area (Å²) >= 11 is 1.57. The second-order valence-electron chi connectivity index (χ2n) is 8.84. The SMILES string of the molecule is CC(C)(C)CN1CCCC2(CCN(C(=O)CSc3ccccc3)C2)C1=O. The van der Waals surface area contributed by atoms with E-state index in [1.54, 1.807) is 11.8 Å². The lowest BCUT2D eigenvalue weighted by Gasteiger charge is -2.41. The minimum absolute atomic E-state index is 0.106. The first-order valence-electron chi connectivity index (χ1n) is 9.54. The van der Waals surface area contributed by atoms with Gasteiger partial charge in [0.05, 0.1) is 11.2 Å². The average Bonchev–Trinajstić information content (AvgIpc) is 3.02. The van der Waals surface area contributed by atoms with Crippen molar-refractivity contribution in [2.75, 3.05) is 31.9 Å². The van der Waals surface area contributed by atoms with E-state index in [9.17, 15) is 9.59 Å². The lowest BCUT2D eigenvalue weighted by molar-refractivity contribution is -0.147. The molecule has 0 aliphatic carbocycles. The molecule has 4 nitrogen and oxygen atoms in total. The molecule has 0 bridgehead atoms. The zero-order chi connectivity index (χ0) is 18.8. The third kappa shape index (κ3) is 4.43. The Bertz CT molecular complexity index is 656. The van der Waals surface area contributed by atoms with Crippen LogP contribution in [0.5, 0.6) is 0 Å². The van der Waals surface area contributed by atoms with Crippen LogP contribution < -0.4 is 0 Å². The summed E-state index contributed by atoms with van der Waals surface area (Å²) in [4.78, 5) is 30.9. The number of hydrogen-bond donors (Lipinski definition) is 0. The molecule has 2 saturated heterocycles. The number of nitrogens with zero attached hydrogens (tertiary/aromatic N) is 2. The quantitative estimate of drug-likeness (QED) is 0.755. The molecule has 2 fully saturated rings. The molecular formula is C21H30N2O2S. The summed E-state index contributed by atoms with van der Waals surface area (Å²) in [6.07, 6.45) is 2.78. The fourth-order valence-corrected chi connectivity index (χ4v) is 4.91. The van der Waals surface area contributed by atoms with E-state index in [1.165, 1.54) is 0 Å². The summed E-state index contributed by atoms with van der Waals surface area (Å²) in [6.45, 7) is 9.48. The Morgan fingerprint density at radius 2 is 1.88 bits per heavy atom. The van der Waals surface area contributed by atoms with Gasteiger partial charge < -0.3 is 9.80 Å². The first kappa shape index (κ1) is 19.3. The highest BCUT2D eigenvalue weighted by Gasteiger charge is 2.49. The highest BCUT2D eigenvalue weighted by atomic mass is 32.2. The van der Waals surface area contributed by atoms with Crippen LogP contribution in [0, 0.1) is 10.8 Å². The highest BCUT2D eigenvalue weighted by molar-refractivity contribution is 8.00. The van der Waals surface area contributed by atoms with E-state index >= 15 is 0 Å². The van der Waals surface area contributed by atoms with Crippen molar-refractivity contribution in [1.29, 1.82) is 0 Å². The largest absolute Gasteiger partial charge is 0.342 e. The molecule has 1 spiro atoms. The Kier molecular flexibility index (Phi) is 5.66. The lowest BCUT2D eigenvalue weighted by Crippen LogP contribution is -2.52. The van der Waals surface area contributed by atoms with E-state index < -0.39 is 0 Å². The Morgan fingerprint density at radius 3 is 2.58 bits per heavy atom. The molecule has 142 valence electrons. The Labute approximate surface area is 161 Å². The van der Waals surface area contributed by atoms with Crippen LogP contribution in [-0.4, -0.2) is 53.5 Å². The van der Waals surface area contributed by atoms with Gasteiger partial charge in [0.2, 0.25) is 11.8 Å². The normalized spacial score (nSPS) is 23.7. The van der Waals surface area contributed by atoms with Crippen LogP contribution in [0.4, 0.5) is 0 Å². The number of carbonyl (C=O) groups excluding carboxylic acids is 2. The van der Waals surface area contributed by atoms with Gasteiger partial charge in [-0.3, -0.25) is 9.59 Å². The van der Waals surface area contributed by atoms with E-state index in [-0.39, 0.29) is 22.6 Å². The van der Waals surface area contributed by atoms with Crippen molar-refractivity contribution in [3.63, 3.8) is 0 Å². The molecule has 3 rings (SSSR count). The van der Waals surface area contributed by atoms with Gasteiger partial charge in [-0.1, -0.05) is 39.0 Å². The molecular weight excluding hydrogens is 344 g/mol. The molecule has 1 aromatic rings. The molecule has 0 radical (unpaired) electrons. The van der Waals surface area contributed by atoms with Crippen LogP contribution in [0.25, 0.3) is 0 Å². The third-order valence-electron chi connectivity index (χ3n) is 5.30. The van der Waals surface area contributed by atoms with Gasteiger partial charge in [0.1, 0.15) is 0 Å². The molecule has 1 unspecified atom stereocenters. The molecule has 2 amide bonds. The Hall–Kier alpha value is -1.49. The van der Waals surface area contributed by atoms with Gasteiger partial charge in [0, 0.05) is 31.1 Å². The standard InChI is InChI=1S/C21H30N2O2S/c1-20(2,3)15-23-12-7-10-21(19(23)25)11-13-22(16-21)18(24)14-26-17-8-5-4-6-9-17/h4-6,8-9H,7,10-16H2,1-3H3. The first-order chi connectivity index (χ1) is 12.3. The first-order valence-corrected chi connectivity index (χ1v) is 10.5. The van der Waals surface area contributed by atoms with Crippen molar-refractivity contribution >= 4 is 23.6 Å². The van der Waals surface area contributed by atoms with Crippen molar-refractivity contribution in [3.8, 4) is 0 Å². The van der Waals surface area contributed by atoms with Crippen LogP contribution in [0.2, 0.25) is 0 Å². The maximum atomic E-state index is 13.2. The second kappa shape index (κ2) is 7.63. The predicted octanol–water partition coefficient (Wildman–Crippen LogP) is 3.67. The zero-order valence-electron chi connectivity index (χ0n) is 16.2. The van der Waals surface area contributed by atoms with Crippen LogP contribution >= 0.6 is 11.8 Å².